The van der Waals surface area contributed by atoms with Crippen LogP contribution in [0.25, 0.3) is 10.9 Å². The molecule has 108 valence electrons. The second kappa shape index (κ2) is 5.40. The number of benzene rings is 1. The lowest BCUT2D eigenvalue weighted by atomic mass is 10.2. The largest absolute Gasteiger partial charge is 0.508 e. The van der Waals surface area contributed by atoms with Crippen LogP contribution in [0.1, 0.15) is 5.82 Å². The zero-order valence-electron chi connectivity index (χ0n) is 11.6. The smallest absolute Gasteiger partial charge is 0.314 e. The summed E-state index contributed by atoms with van der Waals surface area (Å²) in [5, 5.41) is 10.2. The molecule has 3 rings (SSSR count). The number of carbonyl (C=O) groups excluding carboxylic acids is 1. The first-order valence-electron chi connectivity index (χ1n) is 6.60. The van der Waals surface area contributed by atoms with Gasteiger partial charge in [0.15, 0.2) is 0 Å². The summed E-state index contributed by atoms with van der Waals surface area (Å²) in [6, 6.07) is 4.98. The van der Waals surface area contributed by atoms with Gasteiger partial charge in [0, 0.05) is 18.1 Å². The number of esters is 1. The van der Waals surface area contributed by atoms with Crippen molar-refractivity contribution in [3.8, 4) is 5.75 Å². The molecule has 1 aliphatic rings. The van der Waals surface area contributed by atoms with Crippen molar-refractivity contribution in [1.29, 1.82) is 0 Å². The lowest BCUT2D eigenvalue weighted by molar-refractivity contribution is -0.143. The van der Waals surface area contributed by atoms with E-state index in [1.54, 1.807) is 24.4 Å². The molecule has 2 aromatic rings. The third-order valence-electron chi connectivity index (χ3n) is 3.42. The molecule has 0 unspecified atom stereocenters. The Morgan fingerprint density at radius 1 is 1.52 bits per heavy atom. The van der Waals surface area contributed by atoms with Gasteiger partial charge in [0.2, 0.25) is 0 Å². The summed E-state index contributed by atoms with van der Waals surface area (Å²) in [5.74, 6) is 0.404. The van der Waals surface area contributed by atoms with Crippen molar-refractivity contribution in [2.75, 3.05) is 13.7 Å². The van der Waals surface area contributed by atoms with E-state index in [0.29, 0.717) is 18.9 Å². The van der Waals surface area contributed by atoms with Crippen LogP contribution in [-0.2, 0) is 16.1 Å². The van der Waals surface area contributed by atoms with Crippen LogP contribution in [0.15, 0.2) is 36.7 Å². The van der Waals surface area contributed by atoms with Crippen molar-refractivity contribution in [2.45, 2.75) is 6.54 Å². The normalized spacial score (nSPS) is 17.4. The van der Waals surface area contributed by atoms with E-state index in [9.17, 15) is 9.90 Å². The number of fused-ring (bicyclic) bond motifs is 1. The molecule has 0 aliphatic carbocycles. The van der Waals surface area contributed by atoms with E-state index < -0.39 is 0 Å². The van der Waals surface area contributed by atoms with E-state index >= 15 is 0 Å². The highest BCUT2D eigenvalue weighted by atomic mass is 16.5. The van der Waals surface area contributed by atoms with Crippen LogP contribution in [0.2, 0.25) is 0 Å². The molecule has 1 aliphatic heterocycles. The molecule has 1 N–H and O–H groups in total. The van der Waals surface area contributed by atoms with Gasteiger partial charge >= 0.3 is 5.97 Å². The molecule has 0 saturated heterocycles. The Balaban J connectivity index is 1.73. The van der Waals surface area contributed by atoms with Gasteiger partial charge < -0.3 is 14.7 Å². The van der Waals surface area contributed by atoms with Gasteiger partial charge in [-0.15, -0.1) is 0 Å². The predicted octanol–water partition coefficient (Wildman–Crippen LogP) is 1.45. The van der Waals surface area contributed by atoms with Gasteiger partial charge in [-0.1, -0.05) is 6.08 Å². The lowest BCUT2D eigenvalue weighted by Crippen LogP contribution is -2.24. The maximum absolute atomic E-state index is 11.5. The van der Waals surface area contributed by atoms with Crippen molar-refractivity contribution in [3.63, 3.8) is 0 Å². The summed E-state index contributed by atoms with van der Waals surface area (Å²) in [5.41, 5.74) is 0.783. The number of aromatic nitrogens is 2. The van der Waals surface area contributed by atoms with Gasteiger partial charge in [-0.3, -0.25) is 4.79 Å². The number of ether oxygens (including phenoxy) is 1. The number of methoxy groups -OCH3 is 1. The van der Waals surface area contributed by atoms with E-state index in [1.807, 2.05) is 17.2 Å². The van der Waals surface area contributed by atoms with Crippen molar-refractivity contribution in [1.82, 2.24) is 14.9 Å². The molecule has 0 fully saturated rings. The number of carbonyl (C=O) groups is 1. The topological polar surface area (TPSA) is 75.5 Å². The number of phenolic OH excluding ortho intramolecular Hbond substituents is 1. The minimum atomic E-state index is -0.233. The Bertz CT molecular complexity index is 714. The standard InChI is InChI=1S/C15H15N3O3/c1-21-15(20)10-4-5-18(8-10)9-14-16-7-11-6-12(19)2-3-13(11)17-14/h2-7,10,19H,8-9H2,1H3/t10-/m1/s1. The molecule has 1 aromatic heterocycles. The van der Waals surface area contributed by atoms with Crippen LogP contribution in [0.4, 0.5) is 0 Å². The minimum Gasteiger partial charge on any atom is -0.508 e. The molecular weight excluding hydrogens is 270 g/mol. The van der Waals surface area contributed by atoms with Gasteiger partial charge in [-0.05, 0) is 24.4 Å². The molecule has 0 amide bonds. The Kier molecular flexibility index (Phi) is 3.43. The summed E-state index contributed by atoms with van der Waals surface area (Å²) in [6.45, 7) is 1.10. The lowest BCUT2D eigenvalue weighted by Gasteiger charge is -2.16. The first-order valence-corrected chi connectivity index (χ1v) is 6.60. The molecule has 1 aromatic carbocycles. The van der Waals surface area contributed by atoms with Gasteiger partial charge in [-0.25, -0.2) is 9.97 Å². The zero-order valence-corrected chi connectivity index (χ0v) is 11.6. The molecule has 0 bridgehead atoms. The maximum Gasteiger partial charge on any atom is 0.314 e. The Morgan fingerprint density at radius 3 is 3.19 bits per heavy atom. The van der Waals surface area contributed by atoms with Crippen LogP contribution in [0.5, 0.6) is 5.75 Å². The van der Waals surface area contributed by atoms with E-state index in [0.717, 1.165) is 10.9 Å². The van der Waals surface area contributed by atoms with E-state index in [4.69, 9.17) is 4.74 Å². The summed E-state index contributed by atoms with van der Waals surface area (Å²) in [6.07, 6.45) is 5.38. The molecule has 21 heavy (non-hydrogen) atoms. The van der Waals surface area contributed by atoms with Gasteiger partial charge in [0.05, 0.1) is 25.1 Å². The number of aromatic hydroxyl groups is 1. The molecule has 1 atom stereocenters. The highest BCUT2D eigenvalue weighted by Gasteiger charge is 2.23. The van der Waals surface area contributed by atoms with Gasteiger partial charge in [0.1, 0.15) is 11.6 Å². The highest BCUT2D eigenvalue weighted by molar-refractivity contribution is 5.79. The van der Waals surface area contributed by atoms with Crippen molar-refractivity contribution >= 4 is 16.9 Å². The monoisotopic (exact) mass is 285 g/mol. The maximum atomic E-state index is 11.5. The summed E-state index contributed by atoms with van der Waals surface area (Å²) in [7, 11) is 1.39. The number of nitrogens with zero attached hydrogens (tertiary/aromatic N) is 3. The predicted molar refractivity (Wildman–Crippen MR) is 76.3 cm³/mol. The molecule has 6 nitrogen and oxygen atoms in total. The fraction of sp³-hybridized carbons (Fsp3) is 0.267. The Hall–Kier alpha value is -2.63. The van der Waals surface area contributed by atoms with Crippen molar-refractivity contribution < 1.29 is 14.6 Å². The second-order valence-electron chi connectivity index (χ2n) is 4.93. The number of hydrogen-bond donors (Lipinski definition) is 1. The van der Waals surface area contributed by atoms with E-state index in [-0.39, 0.29) is 17.6 Å². The van der Waals surface area contributed by atoms with Crippen LogP contribution >= 0.6 is 0 Å². The molecule has 0 spiro atoms. The number of hydrogen-bond acceptors (Lipinski definition) is 6. The highest BCUT2D eigenvalue weighted by Crippen LogP contribution is 2.19. The molecular formula is C15H15N3O3. The number of phenols is 1. The second-order valence-corrected chi connectivity index (χ2v) is 4.93. The van der Waals surface area contributed by atoms with Gasteiger partial charge in [-0.2, -0.15) is 0 Å². The van der Waals surface area contributed by atoms with Crippen LogP contribution in [0.3, 0.4) is 0 Å². The van der Waals surface area contributed by atoms with Gasteiger partial charge in [0.25, 0.3) is 0 Å². The Morgan fingerprint density at radius 2 is 2.38 bits per heavy atom. The van der Waals surface area contributed by atoms with Crippen LogP contribution in [0, 0.1) is 5.92 Å². The summed E-state index contributed by atoms with van der Waals surface area (Å²) >= 11 is 0. The zero-order chi connectivity index (χ0) is 14.8. The minimum absolute atomic E-state index is 0.197. The van der Waals surface area contributed by atoms with Crippen molar-refractivity contribution in [2.24, 2.45) is 5.92 Å². The summed E-state index contributed by atoms with van der Waals surface area (Å²) in [4.78, 5) is 22.2. The quantitative estimate of drug-likeness (QED) is 0.860. The fourth-order valence-electron chi connectivity index (χ4n) is 2.34. The SMILES string of the molecule is COC(=O)[C@@H]1C=CN(Cc2ncc3cc(O)ccc3n2)C1. The Labute approximate surface area is 121 Å². The molecule has 6 heteroatoms. The summed E-state index contributed by atoms with van der Waals surface area (Å²) < 4.78 is 4.73. The average molecular weight is 285 g/mol. The molecule has 2 heterocycles. The number of rotatable bonds is 3. The first kappa shape index (κ1) is 13.4. The fourth-order valence-corrected chi connectivity index (χ4v) is 2.34. The van der Waals surface area contributed by atoms with E-state index in [2.05, 4.69) is 9.97 Å². The molecule has 0 radical (unpaired) electrons. The van der Waals surface area contributed by atoms with Crippen molar-refractivity contribution in [3.05, 3.63) is 42.5 Å². The van der Waals surface area contributed by atoms with Crippen LogP contribution < -0.4 is 0 Å². The van der Waals surface area contributed by atoms with Crippen LogP contribution in [-0.4, -0.2) is 39.6 Å². The van der Waals surface area contributed by atoms with E-state index in [1.165, 1.54) is 7.11 Å². The molecule has 0 saturated carbocycles. The third kappa shape index (κ3) is 2.79. The third-order valence-corrected chi connectivity index (χ3v) is 3.42. The first-order chi connectivity index (χ1) is 10.2. The average Bonchev–Trinajstić information content (AvgIpc) is 2.95.